The fourth-order valence-electron chi connectivity index (χ4n) is 1.94. The van der Waals surface area contributed by atoms with Crippen molar-refractivity contribution < 1.29 is 0 Å². The quantitative estimate of drug-likeness (QED) is 0.690. The maximum absolute atomic E-state index is 8.77. The largest absolute Gasteiger partial charge is 0.255 e. The van der Waals surface area contributed by atoms with E-state index in [4.69, 9.17) is 5.26 Å². The Kier molecular flexibility index (Phi) is 3.90. The van der Waals surface area contributed by atoms with Crippen molar-refractivity contribution in [3.8, 4) is 16.6 Å². The first-order valence-corrected chi connectivity index (χ1v) is 7.41. The van der Waals surface area contributed by atoms with Crippen LogP contribution < -0.4 is 0 Å². The number of hydrogen-bond acceptors (Lipinski definition) is 3. The van der Waals surface area contributed by atoms with Gasteiger partial charge in [0.05, 0.1) is 22.2 Å². The van der Waals surface area contributed by atoms with Gasteiger partial charge in [-0.15, -0.1) is 11.3 Å². The van der Waals surface area contributed by atoms with E-state index in [1.807, 2.05) is 54.7 Å². The van der Waals surface area contributed by atoms with Gasteiger partial charge in [-0.1, -0.05) is 36.4 Å². The van der Waals surface area contributed by atoms with Gasteiger partial charge in [-0.2, -0.15) is 5.26 Å². The number of benzene rings is 1. The zero-order valence-electron chi connectivity index (χ0n) is 11.2. The molecule has 0 spiro atoms. The highest BCUT2D eigenvalue weighted by Gasteiger charge is 1.99. The molecule has 0 fully saturated rings. The Morgan fingerprint density at radius 2 is 1.71 bits per heavy atom. The van der Waals surface area contributed by atoms with Crippen molar-refractivity contribution in [2.24, 2.45) is 0 Å². The Balaban J connectivity index is 1.75. The molecule has 0 atom stereocenters. The lowest BCUT2D eigenvalue weighted by atomic mass is 10.1. The van der Waals surface area contributed by atoms with Crippen LogP contribution in [-0.4, -0.2) is 4.98 Å². The molecule has 100 valence electrons. The summed E-state index contributed by atoms with van der Waals surface area (Å²) in [6.45, 7) is 0. The first-order chi connectivity index (χ1) is 10.3. The van der Waals surface area contributed by atoms with Crippen LogP contribution in [0.2, 0.25) is 0 Å². The Morgan fingerprint density at radius 3 is 2.33 bits per heavy atom. The average molecular weight is 288 g/mol. The van der Waals surface area contributed by atoms with Gasteiger partial charge in [-0.25, -0.2) is 0 Å². The molecule has 0 aliphatic carbocycles. The summed E-state index contributed by atoms with van der Waals surface area (Å²) in [5, 5.41) is 10.8. The second-order valence-electron chi connectivity index (χ2n) is 4.52. The first-order valence-electron chi connectivity index (χ1n) is 6.53. The molecule has 0 saturated carbocycles. The van der Waals surface area contributed by atoms with Gasteiger partial charge >= 0.3 is 0 Å². The van der Waals surface area contributed by atoms with E-state index in [1.54, 1.807) is 11.3 Å². The molecule has 0 aliphatic heterocycles. The Hall–Kier alpha value is -2.70. The normalized spacial score (nSPS) is 10.6. The summed E-state index contributed by atoms with van der Waals surface area (Å²) >= 11 is 1.69. The van der Waals surface area contributed by atoms with E-state index in [1.165, 1.54) is 4.88 Å². The molecule has 1 aromatic carbocycles. The van der Waals surface area contributed by atoms with Gasteiger partial charge in [0, 0.05) is 6.20 Å². The smallest absolute Gasteiger partial charge is 0.0991 e. The lowest BCUT2D eigenvalue weighted by Crippen LogP contribution is -1.81. The lowest BCUT2D eigenvalue weighted by Gasteiger charge is -1.98. The average Bonchev–Trinajstić information content (AvgIpc) is 3.08. The van der Waals surface area contributed by atoms with Gasteiger partial charge in [0.1, 0.15) is 0 Å². The van der Waals surface area contributed by atoms with Crippen molar-refractivity contribution in [3.05, 3.63) is 76.8 Å². The predicted octanol–water partition coefficient (Wildman–Crippen LogP) is 4.85. The fraction of sp³-hybridized carbons (Fsp3) is 0. The van der Waals surface area contributed by atoms with Crippen molar-refractivity contribution >= 4 is 23.5 Å². The zero-order valence-corrected chi connectivity index (χ0v) is 12.0. The van der Waals surface area contributed by atoms with Crippen molar-refractivity contribution in [2.75, 3.05) is 0 Å². The predicted molar refractivity (Wildman–Crippen MR) is 87.6 cm³/mol. The summed E-state index contributed by atoms with van der Waals surface area (Å²) in [7, 11) is 0. The summed E-state index contributed by atoms with van der Waals surface area (Å²) in [5.41, 5.74) is 3.80. The van der Waals surface area contributed by atoms with Crippen LogP contribution in [0.3, 0.4) is 0 Å². The zero-order chi connectivity index (χ0) is 14.5. The van der Waals surface area contributed by atoms with E-state index < -0.39 is 0 Å². The van der Waals surface area contributed by atoms with E-state index in [-0.39, 0.29) is 0 Å². The third kappa shape index (κ3) is 3.25. The highest BCUT2D eigenvalue weighted by Crippen LogP contribution is 2.22. The monoisotopic (exact) mass is 288 g/mol. The van der Waals surface area contributed by atoms with Gasteiger partial charge in [-0.3, -0.25) is 4.98 Å². The second-order valence-corrected chi connectivity index (χ2v) is 5.47. The van der Waals surface area contributed by atoms with E-state index >= 15 is 0 Å². The van der Waals surface area contributed by atoms with Crippen LogP contribution >= 0.6 is 11.3 Å². The van der Waals surface area contributed by atoms with Crippen LogP contribution in [0.4, 0.5) is 0 Å². The van der Waals surface area contributed by atoms with Gasteiger partial charge in [-0.05, 0) is 40.8 Å². The molecule has 21 heavy (non-hydrogen) atoms. The first kappa shape index (κ1) is 13.3. The minimum Gasteiger partial charge on any atom is -0.255 e. The molecule has 0 N–H and O–H groups in total. The summed E-state index contributed by atoms with van der Waals surface area (Å²) in [4.78, 5) is 5.66. The molecular weight excluding hydrogens is 276 g/mol. The molecule has 2 aromatic heterocycles. The minimum absolute atomic E-state index is 0.675. The van der Waals surface area contributed by atoms with Crippen LogP contribution in [0.1, 0.15) is 16.7 Å². The molecule has 0 saturated heterocycles. The minimum atomic E-state index is 0.675. The molecule has 3 heteroatoms. The van der Waals surface area contributed by atoms with E-state index in [0.717, 1.165) is 16.8 Å². The van der Waals surface area contributed by atoms with Crippen LogP contribution in [0.5, 0.6) is 0 Å². The fourth-order valence-corrected chi connectivity index (χ4v) is 2.64. The van der Waals surface area contributed by atoms with Gasteiger partial charge < -0.3 is 0 Å². The number of rotatable bonds is 3. The SMILES string of the molecule is N#Cc1ccc(/C=C/c2ccc(-c3cccs3)nc2)cc1. The van der Waals surface area contributed by atoms with Crippen molar-refractivity contribution in [2.45, 2.75) is 0 Å². The Labute approximate surface area is 127 Å². The van der Waals surface area contributed by atoms with Gasteiger partial charge in [0.15, 0.2) is 0 Å². The number of hydrogen-bond donors (Lipinski definition) is 0. The van der Waals surface area contributed by atoms with Crippen molar-refractivity contribution in [3.63, 3.8) is 0 Å². The molecule has 3 aromatic rings. The summed E-state index contributed by atoms with van der Waals surface area (Å²) in [5.74, 6) is 0. The molecule has 2 nitrogen and oxygen atoms in total. The number of thiophene rings is 1. The van der Waals surface area contributed by atoms with Crippen molar-refractivity contribution in [1.82, 2.24) is 4.98 Å². The summed E-state index contributed by atoms with van der Waals surface area (Å²) < 4.78 is 0. The van der Waals surface area contributed by atoms with Crippen LogP contribution in [0, 0.1) is 11.3 Å². The van der Waals surface area contributed by atoms with E-state index in [9.17, 15) is 0 Å². The molecular formula is C18H12N2S. The molecule has 0 bridgehead atoms. The second kappa shape index (κ2) is 6.17. The molecule has 2 heterocycles. The number of pyridine rings is 1. The standard InChI is InChI=1S/C18H12N2S/c19-12-15-6-3-14(4-7-15)5-8-16-9-10-17(20-13-16)18-2-1-11-21-18/h1-11,13H/b8-5+. The molecule has 0 unspecified atom stereocenters. The third-order valence-corrected chi connectivity index (χ3v) is 3.96. The maximum Gasteiger partial charge on any atom is 0.0991 e. The van der Waals surface area contributed by atoms with Gasteiger partial charge in [0.25, 0.3) is 0 Å². The topological polar surface area (TPSA) is 36.7 Å². The molecule has 3 rings (SSSR count). The van der Waals surface area contributed by atoms with E-state index in [0.29, 0.717) is 5.56 Å². The van der Waals surface area contributed by atoms with E-state index in [2.05, 4.69) is 28.6 Å². The third-order valence-electron chi connectivity index (χ3n) is 3.07. The highest BCUT2D eigenvalue weighted by atomic mass is 32.1. The van der Waals surface area contributed by atoms with Crippen LogP contribution in [-0.2, 0) is 0 Å². The van der Waals surface area contributed by atoms with Crippen LogP contribution in [0.15, 0.2) is 60.1 Å². The molecule has 0 radical (unpaired) electrons. The highest BCUT2D eigenvalue weighted by molar-refractivity contribution is 7.13. The van der Waals surface area contributed by atoms with Crippen LogP contribution in [0.25, 0.3) is 22.7 Å². The number of aromatic nitrogens is 1. The van der Waals surface area contributed by atoms with Crippen molar-refractivity contribution in [1.29, 1.82) is 5.26 Å². The van der Waals surface area contributed by atoms with Gasteiger partial charge in [0.2, 0.25) is 0 Å². The molecule has 0 aliphatic rings. The number of nitriles is 1. The summed E-state index contributed by atoms with van der Waals surface area (Å²) in [6.07, 6.45) is 5.91. The maximum atomic E-state index is 8.77. The number of nitrogens with zero attached hydrogens (tertiary/aromatic N) is 2. The summed E-state index contributed by atoms with van der Waals surface area (Å²) in [6, 6.07) is 17.8. The Morgan fingerprint density at radius 1 is 0.952 bits per heavy atom. The lowest BCUT2D eigenvalue weighted by molar-refractivity contribution is 1.33. The molecule has 0 amide bonds. The Bertz CT molecular complexity index is 777.